The number of carbonyl (C=O) groups is 1. The van der Waals surface area contributed by atoms with Crippen LogP contribution in [0.4, 0.5) is 0 Å². The van der Waals surface area contributed by atoms with Crippen molar-refractivity contribution in [1.29, 1.82) is 0 Å². The van der Waals surface area contributed by atoms with Gasteiger partial charge in [-0.3, -0.25) is 4.79 Å². The Kier molecular flexibility index (Phi) is 4.48. The van der Waals surface area contributed by atoms with Crippen molar-refractivity contribution >= 4 is 5.91 Å². The second-order valence-corrected chi connectivity index (χ2v) is 6.45. The van der Waals surface area contributed by atoms with E-state index in [4.69, 9.17) is 5.73 Å². The molecule has 1 amide bonds. The summed E-state index contributed by atoms with van der Waals surface area (Å²) >= 11 is 0. The summed E-state index contributed by atoms with van der Waals surface area (Å²) in [5.74, 6) is 0.636. The Hall–Kier alpha value is -1.35. The van der Waals surface area contributed by atoms with Gasteiger partial charge >= 0.3 is 0 Å². The summed E-state index contributed by atoms with van der Waals surface area (Å²) in [5.41, 5.74) is 8.15. The number of rotatable bonds is 3. The van der Waals surface area contributed by atoms with Crippen molar-refractivity contribution in [2.24, 2.45) is 11.7 Å². The number of nitrogens with two attached hydrogens (primary N) is 1. The van der Waals surface area contributed by atoms with Crippen LogP contribution in [0.25, 0.3) is 0 Å². The molecule has 1 aliphatic rings. The summed E-state index contributed by atoms with van der Waals surface area (Å²) in [7, 11) is 1.86. The van der Waals surface area contributed by atoms with Gasteiger partial charge in [0.25, 0.3) is 0 Å². The number of likely N-dealkylation sites (N-methyl/N-ethyl adjacent to an activating group) is 1. The van der Waals surface area contributed by atoms with E-state index in [9.17, 15) is 4.79 Å². The van der Waals surface area contributed by atoms with Crippen LogP contribution in [0.3, 0.4) is 0 Å². The Morgan fingerprint density at radius 2 is 2.15 bits per heavy atom. The van der Waals surface area contributed by atoms with Crippen LogP contribution in [-0.4, -0.2) is 23.4 Å². The van der Waals surface area contributed by atoms with Crippen molar-refractivity contribution in [2.45, 2.75) is 51.6 Å². The standard InChI is InChI=1S/C17H26N2O/c1-13-7-6-10-17(18,11-13)16(20)19(3)12-15-9-5-4-8-14(15)2/h4-5,8-9,13H,6-7,10-12,18H2,1-3H3. The van der Waals surface area contributed by atoms with E-state index in [1.807, 2.05) is 19.2 Å². The lowest BCUT2D eigenvalue weighted by atomic mass is 9.76. The lowest BCUT2D eigenvalue weighted by Gasteiger charge is -2.38. The molecule has 1 aromatic carbocycles. The smallest absolute Gasteiger partial charge is 0.242 e. The second kappa shape index (κ2) is 5.96. The molecule has 2 N–H and O–H groups in total. The molecule has 0 radical (unpaired) electrons. The molecule has 0 bridgehead atoms. The zero-order valence-corrected chi connectivity index (χ0v) is 12.9. The first-order chi connectivity index (χ1) is 9.42. The van der Waals surface area contributed by atoms with Gasteiger partial charge in [-0.2, -0.15) is 0 Å². The predicted octanol–water partition coefficient (Wildman–Crippen LogP) is 2.86. The fourth-order valence-electron chi connectivity index (χ4n) is 3.28. The SMILES string of the molecule is Cc1ccccc1CN(C)C(=O)C1(N)CCCC(C)C1. The van der Waals surface area contributed by atoms with E-state index < -0.39 is 5.54 Å². The van der Waals surface area contributed by atoms with Gasteiger partial charge in [0.15, 0.2) is 0 Å². The summed E-state index contributed by atoms with van der Waals surface area (Å²) in [6.07, 6.45) is 3.87. The van der Waals surface area contributed by atoms with E-state index in [1.54, 1.807) is 4.90 Å². The van der Waals surface area contributed by atoms with Gasteiger partial charge in [0.2, 0.25) is 5.91 Å². The predicted molar refractivity (Wildman–Crippen MR) is 82.2 cm³/mol. The molecule has 3 nitrogen and oxygen atoms in total. The molecule has 2 unspecified atom stereocenters. The van der Waals surface area contributed by atoms with Crippen LogP contribution in [0.1, 0.15) is 43.7 Å². The van der Waals surface area contributed by atoms with Gasteiger partial charge in [0.1, 0.15) is 0 Å². The van der Waals surface area contributed by atoms with Crippen molar-refractivity contribution in [1.82, 2.24) is 4.90 Å². The van der Waals surface area contributed by atoms with Gasteiger partial charge < -0.3 is 10.6 Å². The summed E-state index contributed by atoms with van der Waals surface area (Å²) in [6, 6.07) is 8.19. The van der Waals surface area contributed by atoms with Crippen LogP contribution >= 0.6 is 0 Å². The van der Waals surface area contributed by atoms with Crippen molar-refractivity contribution in [3.8, 4) is 0 Å². The number of aryl methyl sites for hydroxylation is 1. The number of amides is 1. The van der Waals surface area contributed by atoms with Gasteiger partial charge in [-0.25, -0.2) is 0 Å². The maximum atomic E-state index is 12.7. The topological polar surface area (TPSA) is 46.3 Å². The molecule has 1 aliphatic carbocycles. The molecule has 110 valence electrons. The highest BCUT2D eigenvalue weighted by Crippen LogP contribution is 2.31. The van der Waals surface area contributed by atoms with E-state index >= 15 is 0 Å². The highest BCUT2D eigenvalue weighted by Gasteiger charge is 2.39. The van der Waals surface area contributed by atoms with Crippen LogP contribution in [-0.2, 0) is 11.3 Å². The molecule has 2 rings (SSSR count). The highest BCUT2D eigenvalue weighted by atomic mass is 16.2. The third-order valence-electron chi connectivity index (χ3n) is 4.47. The molecule has 3 heteroatoms. The number of nitrogens with zero attached hydrogens (tertiary/aromatic N) is 1. The van der Waals surface area contributed by atoms with Crippen molar-refractivity contribution in [3.05, 3.63) is 35.4 Å². The lowest BCUT2D eigenvalue weighted by molar-refractivity contribution is -0.138. The van der Waals surface area contributed by atoms with Crippen LogP contribution in [0.15, 0.2) is 24.3 Å². The number of benzene rings is 1. The molecule has 2 atom stereocenters. The first kappa shape index (κ1) is 15.0. The molecule has 1 saturated carbocycles. The average Bonchev–Trinajstić information content (AvgIpc) is 2.40. The maximum absolute atomic E-state index is 12.7. The van der Waals surface area contributed by atoms with E-state index in [0.29, 0.717) is 12.5 Å². The molecule has 1 fully saturated rings. The Labute approximate surface area is 122 Å². The molecule has 0 aliphatic heterocycles. The van der Waals surface area contributed by atoms with Gasteiger partial charge in [-0.15, -0.1) is 0 Å². The van der Waals surface area contributed by atoms with Gasteiger partial charge in [0, 0.05) is 13.6 Å². The average molecular weight is 274 g/mol. The minimum Gasteiger partial charge on any atom is -0.340 e. The zero-order chi connectivity index (χ0) is 14.8. The zero-order valence-electron chi connectivity index (χ0n) is 12.9. The van der Waals surface area contributed by atoms with Crippen LogP contribution in [0.2, 0.25) is 0 Å². The Morgan fingerprint density at radius 1 is 1.45 bits per heavy atom. The van der Waals surface area contributed by atoms with Crippen molar-refractivity contribution < 1.29 is 4.79 Å². The van der Waals surface area contributed by atoms with E-state index in [1.165, 1.54) is 17.5 Å². The Bertz CT molecular complexity index is 486. The van der Waals surface area contributed by atoms with Crippen molar-refractivity contribution in [3.63, 3.8) is 0 Å². The van der Waals surface area contributed by atoms with Gasteiger partial charge in [-0.05, 0) is 36.8 Å². The van der Waals surface area contributed by atoms with E-state index in [2.05, 4.69) is 26.0 Å². The monoisotopic (exact) mass is 274 g/mol. The fourth-order valence-corrected chi connectivity index (χ4v) is 3.28. The lowest BCUT2D eigenvalue weighted by Crippen LogP contribution is -2.56. The molecule has 20 heavy (non-hydrogen) atoms. The Balaban J connectivity index is 2.07. The van der Waals surface area contributed by atoms with E-state index in [-0.39, 0.29) is 5.91 Å². The number of hydrogen-bond acceptors (Lipinski definition) is 2. The third-order valence-corrected chi connectivity index (χ3v) is 4.47. The highest BCUT2D eigenvalue weighted by molar-refractivity contribution is 5.86. The van der Waals surface area contributed by atoms with Crippen molar-refractivity contribution in [2.75, 3.05) is 7.05 Å². The summed E-state index contributed by atoms with van der Waals surface area (Å²) in [6.45, 7) is 4.91. The second-order valence-electron chi connectivity index (χ2n) is 6.45. The fraction of sp³-hybridized carbons (Fsp3) is 0.588. The Morgan fingerprint density at radius 3 is 2.80 bits per heavy atom. The summed E-state index contributed by atoms with van der Waals surface area (Å²) in [4.78, 5) is 14.5. The molecule has 0 heterocycles. The summed E-state index contributed by atoms with van der Waals surface area (Å²) in [5, 5.41) is 0. The molecular weight excluding hydrogens is 248 g/mol. The van der Waals surface area contributed by atoms with Crippen LogP contribution in [0.5, 0.6) is 0 Å². The number of carbonyl (C=O) groups excluding carboxylic acids is 1. The van der Waals surface area contributed by atoms with E-state index in [0.717, 1.165) is 19.3 Å². The maximum Gasteiger partial charge on any atom is 0.242 e. The minimum absolute atomic E-state index is 0.0901. The largest absolute Gasteiger partial charge is 0.340 e. The molecule has 0 saturated heterocycles. The normalized spacial score (nSPS) is 26.3. The summed E-state index contributed by atoms with van der Waals surface area (Å²) < 4.78 is 0. The minimum atomic E-state index is -0.658. The van der Waals surface area contributed by atoms with Gasteiger partial charge in [0.05, 0.1) is 5.54 Å². The molecule has 0 aromatic heterocycles. The number of hydrogen-bond donors (Lipinski definition) is 1. The quantitative estimate of drug-likeness (QED) is 0.921. The van der Waals surface area contributed by atoms with Gasteiger partial charge in [-0.1, -0.05) is 44.0 Å². The molecule has 0 spiro atoms. The molecule has 1 aromatic rings. The van der Waals surface area contributed by atoms with Crippen LogP contribution in [0, 0.1) is 12.8 Å². The first-order valence-corrected chi connectivity index (χ1v) is 7.51. The molecular formula is C17H26N2O. The first-order valence-electron chi connectivity index (χ1n) is 7.51. The van der Waals surface area contributed by atoms with Crippen LogP contribution < -0.4 is 5.73 Å². The third kappa shape index (κ3) is 3.21.